The summed E-state index contributed by atoms with van der Waals surface area (Å²) in [6, 6.07) is 34.6. The van der Waals surface area contributed by atoms with Crippen molar-refractivity contribution in [3.63, 3.8) is 0 Å². The fourth-order valence-corrected chi connectivity index (χ4v) is 4.60. The summed E-state index contributed by atoms with van der Waals surface area (Å²) in [6.07, 6.45) is 1.97. The van der Waals surface area contributed by atoms with Gasteiger partial charge in [-0.15, -0.1) is 0 Å². The second-order valence-corrected chi connectivity index (χ2v) is 9.63. The van der Waals surface area contributed by atoms with E-state index < -0.39 is 6.04 Å². The van der Waals surface area contributed by atoms with Gasteiger partial charge in [0.2, 0.25) is 5.91 Å². The molecule has 4 rings (SSSR count). The van der Waals surface area contributed by atoms with Crippen molar-refractivity contribution >= 4 is 11.8 Å². The highest BCUT2D eigenvalue weighted by Crippen LogP contribution is 2.23. The third-order valence-electron chi connectivity index (χ3n) is 6.74. The molecule has 0 aromatic heterocycles. The van der Waals surface area contributed by atoms with E-state index in [4.69, 9.17) is 4.74 Å². The number of hydrogen-bond acceptors (Lipinski definition) is 4. The quantitative estimate of drug-likeness (QED) is 0.189. The Morgan fingerprint density at radius 1 is 0.775 bits per heavy atom. The third kappa shape index (κ3) is 8.55. The molecule has 0 spiro atoms. The molecule has 6 nitrogen and oxygen atoms in total. The standard InChI is InChI=1S/C34H37N3O3/c1-40-29-17-10-14-27(24-29)25-35-22-11-20-32(34(39)36-23-21-26-12-4-2-5-13-26)37-33(38)31-19-9-8-18-30(31)28-15-6-3-7-16-28/h2-10,12-19,24,32,35H,11,20-23,25H2,1H3,(H,36,39)(H,37,38)/t32-/m0/s1. The molecule has 0 saturated heterocycles. The van der Waals surface area contributed by atoms with E-state index in [-0.39, 0.29) is 11.8 Å². The first-order valence-electron chi connectivity index (χ1n) is 13.7. The minimum absolute atomic E-state index is 0.172. The topological polar surface area (TPSA) is 79.5 Å². The van der Waals surface area contributed by atoms with Gasteiger partial charge in [-0.2, -0.15) is 0 Å². The van der Waals surface area contributed by atoms with Crippen LogP contribution in [0.15, 0.2) is 109 Å². The van der Waals surface area contributed by atoms with E-state index in [9.17, 15) is 9.59 Å². The second-order valence-electron chi connectivity index (χ2n) is 9.63. The summed E-state index contributed by atoms with van der Waals surface area (Å²) in [4.78, 5) is 26.7. The molecule has 1 atom stereocenters. The van der Waals surface area contributed by atoms with Crippen LogP contribution in [0.1, 0.15) is 34.3 Å². The van der Waals surface area contributed by atoms with Crippen LogP contribution in [-0.4, -0.2) is 38.1 Å². The lowest BCUT2D eigenvalue weighted by atomic mass is 9.98. The fraction of sp³-hybridized carbons (Fsp3) is 0.235. The molecule has 0 saturated carbocycles. The maximum Gasteiger partial charge on any atom is 0.252 e. The Labute approximate surface area is 236 Å². The summed E-state index contributed by atoms with van der Waals surface area (Å²) in [5, 5.41) is 9.47. The second kappa shape index (κ2) is 15.2. The number of rotatable bonds is 14. The maximum absolute atomic E-state index is 13.5. The number of ether oxygens (including phenoxy) is 1. The molecule has 4 aromatic rings. The van der Waals surface area contributed by atoms with Gasteiger partial charge in [0, 0.05) is 18.7 Å². The Bertz CT molecular complexity index is 1360. The summed E-state index contributed by atoms with van der Waals surface area (Å²) in [5.41, 5.74) is 4.62. The molecule has 0 fully saturated rings. The predicted octanol–water partition coefficient (Wildman–Crippen LogP) is 5.39. The molecule has 6 heteroatoms. The summed E-state index contributed by atoms with van der Waals surface area (Å²) >= 11 is 0. The SMILES string of the molecule is COc1cccc(CNCCC[C@H](NC(=O)c2ccccc2-c2ccccc2)C(=O)NCCc2ccccc2)c1. The predicted molar refractivity (Wildman–Crippen MR) is 160 cm³/mol. The van der Waals surface area contributed by atoms with Gasteiger partial charge in [0.15, 0.2) is 0 Å². The normalized spacial score (nSPS) is 11.4. The van der Waals surface area contributed by atoms with E-state index in [2.05, 4.69) is 16.0 Å². The highest BCUT2D eigenvalue weighted by Gasteiger charge is 2.22. The van der Waals surface area contributed by atoms with Gasteiger partial charge in [0.05, 0.1) is 7.11 Å². The van der Waals surface area contributed by atoms with Crippen molar-refractivity contribution in [1.29, 1.82) is 0 Å². The molecule has 4 aromatic carbocycles. The highest BCUT2D eigenvalue weighted by atomic mass is 16.5. The van der Waals surface area contributed by atoms with Gasteiger partial charge < -0.3 is 20.7 Å². The lowest BCUT2D eigenvalue weighted by Crippen LogP contribution is -2.47. The van der Waals surface area contributed by atoms with Gasteiger partial charge in [-0.1, -0.05) is 91.0 Å². The first-order valence-corrected chi connectivity index (χ1v) is 13.7. The largest absolute Gasteiger partial charge is 0.497 e. The Kier molecular flexibility index (Phi) is 10.9. The highest BCUT2D eigenvalue weighted by molar-refractivity contribution is 6.02. The van der Waals surface area contributed by atoms with Crippen LogP contribution in [0.4, 0.5) is 0 Å². The molecule has 0 unspecified atom stereocenters. The number of nitrogens with one attached hydrogen (secondary N) is 3. The van der Waals surface area contributed by atoms with Crippen LogP contribution in [-0.2, 0) is 17.8 Å². The molecular weight excluding hydrogens is 498 g/mol. The van der Waals surface area contributed by atoms with Gasteiger partial charge in [-0.25, -0.2) is 0 Å². The van der Waals surface area contributed by atoms with Crippen molar-refractivity contribution in [1.82, 2.24) is 16.0 Å². The Hall–Kier alpha value is -4.42. The van der Waals surface area contributed by atoms with E-state index in [1.165, 1.54) is 0 Å². The van der Waals surface area contributed by atoms with Crippen LogP contribution in [0, 0.1) is 0 Å². The molecule has 0 aliphatic carbocycles. The van der Waals surface area contributed by atoms with Crippen LogP contribution in [0.5, 0.6) is 5.75 Å². The van der Waals surface area contributed by atoms with Crippen LogP contribution in [0.25, 0.3) is 11.1 Å². The number of methoxy groups -OCH3 is 1. The number of hydrogen-bond donors (Lipinski definition) is 3. The Morgan fingerprint density at radius 2 is 1.48 bits per heavy atom. The first-order chi connectivity index (χ1) is 19.6. The molecule has 0 aliphatic heterocycles. The molecule has 0 bridgehead atoms. The molecule has 0 aliphatic rings. The summed E-state index contributed by atoms with van der Waals surface area (Å²) in [6.45, 7) is 1.91. The van der Waals surface area contributed by atoms with E-state index in [0.29, 0.717) is 31.6 Å². The van der Waals surface area contributed by atoms with Gasteiger partial charge in [0.1, 0.15) is 11.8 Å². The zero-order chi connectivity index (χ0) is 28.0. The van der Waals surface area contributed by atoms with Gasteiger partial charge >= 0.3 is 0 Å². The van der Waals surface area contributed by atoms with E-state index in [1.807, 2.05) is 103 Å². The van der Waals surface area contributed by atoms with Crippen molar-refractivity contribution < 1.29 is 14.3 Å². The minimum atomic E-state index is -0.647. The van der Waals surface area contributed by atoms with Crippen molar-refractivity contribution in [3.8, 4) is 16.9 Å². The van der Waals surface area contributed by atoms with Gasteiger partial charge in [-0.05, 0) is 66.3 Å². The number of amides is 2. The van der Waals surface area contributed by atoms with Gasteiger partial charge in [-0.3, -0.25) is 9.59 Å². The minimum Gasteiger partial charge on any atom is -0.497 e. The number of carbonyl (C=O) groups excluding carboxylic acids is 2. The van der Waals surface area contributed by atoms with E-state index in [0.717, 1.165) is 40.8 Å². The van der Waals surface area contributed by atoms with Crippen molar-refractivity contribution in [2.24, 2.45) is 0 Å². The zero-order valence-corrected chi connectivity index (χ0v) is 22.9. The summed E-state index contributed by atoms with van der Waals surface area (Å²) < 4.78 is 5.30. The van der Waals surface area contributed by atoms with Crippen LogP contribution >= 0.6 is 0 Å². The van der Waals surface area contributed by atoms with E-state index >= 15 is 0 Å². The Balaban J connectivity index is 1.38. The van der Waals surface area contributed by atoms with Gasteiger partial charge in [0.25, 0.3) is 5.91 Å². The average molecular weight is 536 g/mol. The molecule has 3 N–H and O–H groups in total. The van der Waals surface area contributed by atoms with E-state index in [1.54, 1.807) is 13.2 Å². The molecular formula is C34H37N3O3. The lowest BCUT2D eigenvalue weighted by Gasteiger charge is -2.20. The number of benzene rings is 4. The molecule has 40 heavy (non-hydrogen) atoms. The fourth-order valence-electron chi connectivity index (χ4n) is 4.60. The van der Waals surface area contributed by atoms with Crippen LogP contribution in [0.2, 0.25) is 0 Å². The third-order valence-corrected chi connectivity index (χ3v) is 6.74. The zero-order valence-electron chi connectivity index (χ0n) is 22.9. The molecule has 2 amide bonds. The van der Waals surface area contributed by atoms with Crippen LogP contribution in [0.3, 0.4) is 0 Å². The maximum atomic E-state index is 13.5. The van der Waals surface area contributed by atoms with Crippen molar-refractivity contribution in [2.75, 3.05) is 20.2 Å². The molecule has 206 valence electrons. The smallest absolute Gasteiger partial charge is 0.252 e. The van der Waals surface area contributed by atoms with Crippen LogP contribution < -0.4 is 20.7 Å². The first kappa shape index (κ1) is 28.6. The monoisotopic (exact) mass is 535 g/mol. The summed E-state index contributed by atoms with van der Waals surface area (Å²) in [5.74, 6) is 0.395. The lowest BCUT2D eigenvalue weighted by molar-refractivity contribution is -0.123. The summed E-state index contributed by atoms with van der Waals surface area (Å²) in [7, 11) is 1.66. The Morgan fingerprint density at radius 3 is 2.25 bits per heavy atom. The van der Waals surface area contributed by atoms with Crippen molar-refractivity contribution in [3.05, 3.63) is 126 Å². The molecule has 0 heterocycles. The molecule has 0 radical (unpaired) electrons. The average Bonchev–Trinajstić information content (AvgIpc) is 3.01. The van der Waals surface area contributed by atoms with Crippen molar-refractivity contribution in [2.45, 2.75) is 31.8 Å². The number of carbonyl (C=O) groups is 2.